The van der Waals surface area contributed by atoms with Gasteiger partial charge in [0.2, 0.25) is 0 Å². The quantitative estimate of drug-likeness (QED) is 0.366. The molecule has 0 atom stereocenters. The molecule has 0 heterocycles. The van der Waals surface area contributed by atoms with Crippen LogP contribution in [0.25, 0.3) is 0 Å². The number of ether oxygens (including phenoxy) is 1. The summed E-state index contributed by atoms with van der Waals surface area (Å²) < 4.78 is 35.9. The topological polar surface area (TPSA) is 95.5 Å². The van der Waals surface area contributed by atoms with Crippen molar-refractivity contribution in [3.63, 3.8) is 0 Å². The molecule has 1 N–H and O–H groups in total. The second kappa shape index (κ2) is 10.2. The zero-order chi connectivity index (χ0) is 14.1. The van der Waals surface area contributed by atoms with Crippen molar-refractivity contribution < 1.29 is 52.1 Å². The first-order valence-corrected chi connectivity index (χ1v) is 7.43. The molecule has 1 amide bonds. The van der Waals surface area contributed by atoms with Crippen LogP contribution in [0.2, 0.25) is 0 Å². The van der Waals surface area contributed by atoms with Gasteiger partial charge in [-0.2, -0.15) is 0 Å². The van der Waals surface area contributed by atoms with Crippen molar-refractivity contribution in [3.05, 3.63) is 35.9 Å². The van der Waals surface area contributed by atoms with E-state index >= 15 is 0 Å². The van der Waals surface area contributed by atoms with Crippen LogP contribution in [0.1, 0.15) is 18.4 Å². The van der Waals surface area contributed by atoms with E-state index in [1.54, 1.807) is 0 Å². The van der Waals surface area contributed by atoms with Gasteiger partial charge >= 0.3 is 35.7 Å². The van der Waals surface area contributed by atoms with E-state index in [1.165, 1.54) is 0 Å². The largest absolute Gasteiger partial charge is 1.00 e. The van der Waals surface area contributed by atoms with Crippen LogP contribution in [-0.2, 0) is 21.5 Å². The molecule has 0 aromatic heterocycles. The van der Waals surface area contributed by atoms with Crippen molar-refractivity contribution in [2.24, 2.45) is 0 Å². The minimum atomic E-state index is -4.17. The molecule has 0 aliphatic rings. The third kappa shape index (κ3) is 10.2. The molecule has 0 spiro atoms. The second-order valence-corrected chi connectivity index (χ2v) is 5.48. The maximum atomic E-state index is 11.3. The molecule has 0 aliphatic carbocycles. The van der Waals surface area contributed by atoms with Gasteiger partial charge in [0, 0.05) is 12.3 Å². The van der Waals surface area contributed by atoms with E-state index in [2.05, 4.69) is 5.32 Å². The standard InChI is InChI=1S/C12H17NO5S.Na/c14-12(13-8-4-5-9-19(15,16)17)18-10-11-6-2-1-3-7-11;/h1-3,6-7H,4-5,8-10H2,(H,13,14)(H,15,16,17);/q;+1/p-1. The molecule has 0 unspecified atom stereocenters. The predicted octanol–water partition coefficient (Wildman–Crippen LogP) is -1.76. The Morgan fingerprint density at radius 3 is 2.45 bits per heavy atom. The Kier molecular flexibility index (Phi) is 9.87. The molecule has 106 valence electrons. The molecule has 0 saturated heterocycles. The first-order valence-electron chi connectivity index (χ1n) is 5.85. The van der Waals surface area contributed by atoms with Crippen LogP contribution < -0.4 is 34.9 Å². The SMILES string of the molecule is O=C(NCCCCS(=O)(=O)[O-])OCc1ccccc1.[Na+]. The van der Waals surface area contributed by atoms with E-state index in [9.17, 15) is 17.8 Å². The van der Waals surface area contributed by atoms with E-state index in [0.29, 0.717) is 6.42 Å². The summed E-state index contributed by atoms with van der Waals surface area (Å²) in [6, 6.07) is 9.24. The summed E-state index contributed by atoms with van der Waals surface area (Å²) in [5.41, 5.74) is 0.884. The molecule has 6 nitrogen and oxygen atoms in total. The van der Waals surface area contributed by atoms with E-state index in [-0.39, 0.29) is 49.1 Å². The van der Waals surface area contributed by atoms with Gasteiger partial charge < -0.3 is 14.6 Å². The molecule has 1 aromatic rings. The van der Waals surface area contributed by atoms with Gasteiger partial charge in [0.25, 0.3) is 0 Å². The third-order valence-corrected chi connectivity index (χ3v) is 3.09. The van der Waals surface area contributed by atoms with Crippen molar-refractivity contribution in [1.82, 2.24) is 5.32 Å². The van der Waals surface area contributed by atoms with Gasteiger partial charge in [-0.15, -0.1) is 0 Å². The number of benzene rings is 1. The van der Waals surface area contributed by atoms with Crippen LogP contribution in [0.5, 0.6) is 0 Å². The molecule has 0 aliphatic heterocycles. The minimum absolute atomic E-state index is 0. The van der Waals surface area contributed by atoms with Crippen LogP contribution in [-0.4, -0.2) is 31.4 Å². The first kappa shape index (κ1) is 19.4. The van der Waals surface area contributed by atoms with E-state index < -0.39 is 22.0 Å². The Bertz CT molecular complexity index is 492. The molecular weight excluding hydrogens is 293 g/mol. The van der Waals surface area contributed by atoms with Gasteiger partial charge in [-0.3, -0.25) is 0 Å². The Labute approximate surface area is 140 Å². The number of rotatable bonds is 7. The maximum Gasteiger partial charge on any atom is 1.00 e. The molecule has 0 saturated carbocycles. The fourth-order valence-electron chi connectivity index (χ4n) is 1.37. The monoisotopic (exact) mass is 309 g/mol. The van der Waals surface area contributed by atoms with E-state index in [0.717, 1.165) is 5.56 Å². The zero-order valence-electron chi connectivity index (χ0n) is 11.4. The van der Waals surface area contributed by atoms with E-state index in [4.69, 9.17) is 4.74 Å². The number of hydrogen-bond acceptors (Lipinski definition) is 5. The van der Waals surface area contributed by atoms with Crippen LogP contribution in [0.3, 0.4) is 0 Å². The van der Waals surface area contributed by atoms with Gasteiger partial charge in [0.15, 0.2) is 0 Å². The van der Waals surface area contributed by atoms with Gasteiger partial charge in [-0.1, -0.05) is 30.3 Å². The predicted molar refractivity (Wildman–Crippen MR) is 68.4 cm³/mol. The van der Waals surface area contributed by atoms with Crippen LogP contribution in [0.4, 0.5) is 4.79 Å². The number of unbranched alkanes of at least 4 members (excludes halogenated alkanes) is 1. The number of carbonyl (C=O) groups excluding carboxylic acids is 1. The van der Waals surface area contributed by atoms with Gasteiger partial charge in [-0.05, 0) is 18.4 Å². The maximum absolute atomic E-state index is 11.3. The van der Waals surface area contributed by atoms with Crippen molar-refractivity contribution in [1.29, 1.82) is 0 Å². The Hall–Kier alpha value is -0.600. The van der Waals surface area contributed by atoms with Crippen molar-refractivity contribution in [3.8, 4) is 0 Å². The smallest absolute Gasteiger partial charge is 0.748 e. The number of amides is 1. The summed E-state index contributed by atoms with van der Waals surface area (Å²) in [5.74, 6) is -0.409. The summed E-state index contributed by atoms with van der Waals surface area (Å²) in [6.45, 7) is 0.463. The molecule has 0 fully saturated rings. The number of carbonyl (C=O) groups is 1. The van der Waals surface area contributed by atoms with Crippen LogP contribution in [0, 0.1) is 0 Å². The normalized spacial score (nSPS) is 10.4. The number of nitrogens with one attached hydrogen (secondary N) is 1. The summed E-state index contributed by atoms with van der Waals surface area (Å²) >= 11 is 0. The molecular formula is C12H16NNaO5S. The first-order chi connectivity index (χ1) is 8.97. The summed E-state index contributed by atoms with van der Waals surface area (Å²) in [4.78, 5) is 11.3. The Morgan fingerprint density at radius 2 is 1.85 bits per heavy atom. The fourth-order valence-corrected chi connectivity index (χ4v) is 1.93. The van der Waals surface area contributed by atoms with Crippen LogP contribution in [0.15, 0.2) is 30.3 Å². The van der Waals surface area contributed by atoms with Crippen molar-refractivity contribution >= 4 is 16.2 Å². The summed E-state index contributed by atoms with van der Waals surface area (Å²) in [7, 11) is -4.17. The van der Waals surface area contributed by atoms with E-state index in [1.807, 2.05) is 30.3 Å². The van der Waals surface area contributed by atoms with Gasteiger partial charge in [0.1, 0.15) is 6.61 Å². The summed E-state index contributed by atoms with van der Waals surface area (Å²) in [5, 5.41) is 2.48. The molecule has 8 heteroatoms. The Balaban J connectivity index is 0.00000361. The molecule has 0 bridgehead atoms. The van der Waals surface area contributed by atoms with Gasteiger partial charge in [-0.25, -0.2) is 13.2 Å². The van der Waals surface area contributed by atoms with Crippen molar-refractivity contribution in [2.45, 2.75) is 19.4 Å². The average molecular weight is 309 g/mol. The average Bonchev–Trinajstić information content (AvgIpc) is 2.36. The molecule has 20 heavy (non-hydrogen) atoms. The minimum Gasteiger partial charge on any atom is -0.748 e. The molecule has 0 radical (unpaired) electrons. The number of alkyl carbamates (subject to hydrolysis) is 1. The molecule has 1 rings (SSSR count). The zero-order valence-corrected chi connectivity index (χ0v) is 14.2. The fraction of sp³-hybridized carbons (Fsp3) is 0.417. The third-order valence-electron chi connectivity index (χ3n) is 2.30. The van der Waals surface area contributed by atoms with Gasteiger partial charge in [0.05, 0.1) is 10.1 Å². The van der Waals surface area contributed by atoms with Crippen LogP contribution >= 0.6 is 0 Å². The summed E-state index contributed by atoms with van der Waals surface area (Å²) in [6.07, 6.45) is 0.0843. The van der Waals surface area contributed by atoms with Crippen molar-refractivity contribution in [2.75, 3.05) is 12.3 Å². The number of hydrogen-bond donors (Lipinski definition) is 1. The molecule has 1 aromatic carbocycles. The second-order valence-electron chi connectivity index (χ2n) is 3.96. The Morgan fingerprint density at radius 1 is 1.20 bits per heavy atom.